The number of nitrogens with one attached hydrogen (secondary N) is 2. The van der Waals surface area contributed by atoms with Crippen LogP contribution in [-0.4, -0.2) is 17.0 Å². The number of fused-ring (bicyclic) bond motifs is 1. The van der Waals surface area contributed by atoms with E-state index in [1.54, 1.807) is 11.3 Å². The summed E-state index contributed by atoms with van der Waals surface area (Å²) in [6.07, 6.45) is 0. The van der Waals surface area contributed by atoms with Gasteiger partial charge in [0.15, 0.2) is 0 Å². The molecule has 96 valence electrons. The molecule has 2 N–H and O–H groups in total. The van der Waals surface area contributed by atoms with Crippen LogP contribution < -0.4 is 10.6 Å². The molecule has 0 spiro atoms. The van der Waals surface area contributed by atoms with Crippen molar-refractivity contribution in [1.82, 2.24) is 9.97 Å². The highest BCUT2D eigenvalue weighted by Crippen LogP contribution is 2.28. The zero-order valence-corrected chi connectivity index (χ0v) is 13.1. The van der Waals surface area contributed by atoms with E-state index in [-0.39, 0.29) is 0 Å². The van der Waals surface area contributed by atoms with Gasteiger partial charge in [0, 0.05) is 16.3 Å². The predicted octanol–water partition coefficient (Wildman–Crippen LogP) is 4.08. The lowest BCUT2D eigenvalue weighted by Gasteiger charge is -2.08. The third kappa shape index (κ3) is 2.64. The molecule has 0 fully saturated rings. The smallest absolute Gasteiger partial charge is 0.225 e. The van der Waals surface area contributed by atoms with Crippen LogP contribution in [0.4, 0.5) is 17.5 Å². The number of aromatic nitrogens is 2. The van der Waals surface area contributed by atoms with Crippen molar-refractivity contribution < 1.29 is 0 Å². The lowest BCUT2D eigenvalue weighted by atomic mass is 10.3. The van der Waals surface area contributed by atoms with Crippen molar-refractivity contribution in [1.29, 1.82) is 0 Å². The van der Waals surface area contributed by atoms with Crippen LogP contribution in [-0.2, 0) is 0 Å². The predicted molar refractivity (Wildman–Crippen MR) is 89.4 cm³/mol. The molecule has 0 aliphatic carbocycles. The molecule has 0 aliphatic rings. The number of thiophene rings is 1. The Hall–Kier alpha value is -1.41. The molecule has 2 heterocycles. The van der Waals surface area contributed by atoms with Crippen molar-refractivity contribution in [2.45, 2.75) is 0 Å². The summed E-state index contributed by atoms with van der Waals surface area (Å²) in [5.74, 6) is 1.46. The molecule has 19 heavy (non-hydrogen) atoms. The summed E-state index contributed by atoms with van der Waals surface area (Å²) in [5.41, 5.74) is 1.03. The number of nitrogens with zero attached hydrogens (tertiary/aromatic N) is 2. The van der Waals surface area contributed by atoms with Gasteiger partial charge in [-0.1, -0.05) is 6.07 Å². The molecule has 0 bridgehead atoms. The number of halogens is 1. The molecule has 0 atom stereocenters. The minimum Gasteiger partial charge on any atom is -0.357 e. The molecular weight excluding hydrogens is 371 g/mol. The van der Waals surface area contributed by atoms with Crippen molar-refractivity contribution in [2.75, 3.05) is 17.7 Å². The molecule has 0 aliphatic heterocycles. The summed E-state index contributed by atoms with van der Waals surface area (Å²) < 4.78 is 1.19. The number of hydrogen-bond donors (Lipinski definition) is 2. The van der Waals surface area contributed by atoms with E-state index in [9.17, 15) is 0 Å². The van der Waals surface area contributed by atoms with Gasteiger partial charge < -0.3 is 10.6 Å². The molecule has 0 amide bonds. The van der Waals surface area contributed by atoms with Crippen LogP contribution in [0, 0.1) is 3.57 Å². The minimum atomic E-state index is 0.628. The summed E-state index contributed by atoms with van der Waals surface area (Å²) in [5, 5.41) is 9.42. The van der Waals surface area contributed by atoms with Crippen molar-refractivity contribution in [3.05, 3.63) is 39.3 Å². The van der Waals surface area contributed by atoms with Crippen molar-refractivity contribution in [3.63, 3.8) is 0 Å². The third-order valence-electron chi connectivity index (χ3n) is 2.64. The molecular formula is C13H11IN4S. The summed E-state index contributed by atoms with van der Waals surface area (Å²) >= 11 is 3.91. The highest BCUT2D eigenvalue weighted by molar-refractivity contribution is 14.1. The summed E-state index contributed by atoms with van der Waals surface area (Å²) in [4.78, 5) is 9.89. The fourth-order valence-corrected chi connectivity index (χ4v) is 3.07. The van der Waals surface area contributed by atoms with Crippen LogP contribution in [0.1, 0.15) is 0 Å². The molecule has 6 heteroatoms. The van der Waals surface area contributed by atoms with E-state index in [4.69, 9.17) is 0 Å². The Morgan fingerprint density at radius 2 is 2.11 bits per heavy atom. The van der Waals surface area contributed by atoms with Gasteiger partial charge in [-0.2, -0.15) is 4.98 Å². The lowest BCUT2D eigenvalue weighted by molar-refractivity contribution is 1.20. The first-order chi connectivity index (χ1) is 9.26. The van der Waals surface area contributed by atoms with Crippen LogP contribution >= 0.6 is 33.9 Å². The largest absolute Gasteiger partial charge is 0.357 e. The second-order valence-corrected chi connectivity index (χ2v) is 6.06. The Bertz CT molecular complexity index is 725. The van der Waals surface area contributed by atoms with E-state index >= 15 is 0 Å². The molecule has 2 aromatic heterocycles. The second-order valence-electron chi connectivity index (χ2n) is 3.92. The minimum absolute atomic E-state index is 0.628. The molecule has 0 saturated carbocycles. The zero-order valence-electron chi connectivity index (χ0n) is 10.1. The zero-order chi connectivity index (χ0) is 13.2. The van der Waals surface area contributed by atoms with Crippen molar-refractivity contribution in [3.8, 4) is 0 Å². The van der Waals surface area contributed by atoms with Crippen molar-refractivity contribution >= 4 is 61.6 Å². The van der Waals surface area contributed by atoms with Crippen LogP contribution in [0.2, 0.25) is 0 Å². The summed E-state index contributed by atoms with van der Waals surface area (Å²) in [7, 11) is 1.82. The van der Waals surface area contributed by atoms with E-state index in [0.717, 1.165) is 21.7 Å². The van der Waals surface area contributed by atoms with Gasteiger partial charge in [-0.25, -0.2) is 4.98 Å². The monoisotopic (exact) mass is 382 g/mol. The van der Waals surface area contributed by atoms with Gasteiger partial charge in [0.05, 0.1) is 5.39 Å². The Balaban J connectivity index is 2.06. The molecule has 3 rings (SSSR count). The molecule has 3 aromatic rings. The first-order valence-corrected chi connectivity index (χ1v) is 7.68. The van der Waals surface area contributed by atoms with Crippen LogP contribution in [0.15, 0.2) is 35.7 Å². The quantitative estimate of drug-likeness (QED) is 0.671. The highest BCUT2D eigenvalue weighted by atomic mass is 127. The fraction of sp³-hybridized carbons (Fsp3) is 0.0769. The SMILES string of the molecule is CNc1nc(Nc2cccc(I)c2)c2ccsc2n1. The van der Waals surface area contributed by atoms with E-state index in [1.165, 1.54) is 3.57 Å². The van der Waals surface area contributed by atoms with E-state index in [1.807, 2.05) is 30.6 Å². The number of anilines is 3. The number of hydrogen-bond acceptors (Lipinski definition) is 5. The average Bonchev–Trinajstić information content (AvgIpc) is 2.87. The van der Waals surface area contributed by atoms with Gasteiger partial charge in [-0.05, 0) is 52.2 Å². The van der Waals surface area contributed by atoms with Gasteiger partial charge in [-0.3, -0.25) is 0 Å². The lowest BCUT2D eigenvalue weighted by Crippen LogP contribution is -2.00. The summed E-state index contributed by atoms with van der Waals surface area (Å²) in [6, 6.07) is 10.2. The van der Waals surface area contributed by atoms with Gasteiger partial charge in [0.25, 0.3) is 0 Å². The van der Waals surface area contributed by atoms with E-state index in [0.29, 0.717) is 5.95 Å². The normalized spacial score (nSPS) is 10.6. The Labute approximate surface area is 128 Å². The Morgan fingerprint density at radius 3 is 2.89 bits per heavy atom. The van der Waals surface area contributed by atoms with Gasteiger partial charge in [0.2, 0.25) is 5.95 Å². The maximum atomic E-state index is 4.49. The molecule has 0 unspecified atom stereocenters. The number of rotatable bonds is 3. The van der Waals surface area contributed by atoms with Crippen LogP contribution in [0.25, 0.3) is 10.2 Å². The van der Waals surface area contributed by atoms with Gasteiger partial charge in [0.1, 0.15) is 10.6 Å². The summed E-state index contributed by atoms with van der Waals surface area (Å²) in [6.45, 7) is 0. The van der Waals surface area contributed by atoms with Crippen molar-refractivity contribution in [2.24, 2.45) is 0 Å². The maximum Gasteiger partial charge on any atom is 0.225 e. The first kappa shape index (κ1) is 12.6. The topological polar surface area (TPSA) is 49.8 Å². The Morgan fingerprint density at radius 1 is 1.21 bits per heavy atom. The molecule has 1 aromatic carbocycles. The van der Waals surface area contributed by atoms with E-state index in [2.05, 4.69) is 55.3 Å². The molecule has 0 saturated heterocycles. The Kier molecular flexibility index (Phi) is 3.52. The van der Waals surface area contributed by atoms with Gasteiger partial charge >= 0.3 is 0 Å². The number of benzene rings is 1. The molecule has 0 radical (unpaired) electrons. The second kappa shape index (κ2) is 5.30. The first-order valence-electron chi connectivity index (χ1n) is 5.72. The standard InChI is InChI=1S/C13H11IN4S/c1-15-13-17-11(10-5-6-19-12(10)18-13)16-9-4-2-3-8(14)7-9/h2-7H,1H3,(H2,15,16,17,18). The van der Waals surface area contributed by atoms with E-state index < -0.39 is 0 Å². The van der Waals surface area contributed by atoms with Crippen LogP contribution in [0.3, 0.4) is 0 Å². The van der Waals surface area contributed by atoms with Crippen LogP contribution in [0.5, 0.6) is 0 Å². The molecule has 4 nitrogen and oxygen atoms in total. The fourth-order valence-electron chi connectivity index (χ4n) is 1.77. The van der Waals surface area contributed by atoms with Gasteiger partial charge in [-0.15, -0.1) is 11.3 Å². The third-order valence-corrected chi connectivity index (χ3v) is 4.11. The average molecular weight is 382 g/mol. The highest BCUT2D eigenvalue weighted by Gasteiger charge is 2.08. The maximum absolute atomic E-state index is 4.49.